The number of methoxy groups -OCH3 is 2. The first-order valence-electron chi connectivity index (χ1n) is 9.56. The van der Waals surface area contributed by atoms with Crippen LogP contribution in [0, 0.1) is 30.6 Å². The molecule has 0 saturated heterocycles. The Balaban J connectivity index is 2.10. The summed E-state index contributed by atoms with van der Waals surface area (Å²) in [6.07, 6.45) is 0. The number of carbonyl (C=O) groups is 1. The van der Waals surface area contributed by atoms with E-state index in [9.17, 15) is 18.3 Å². The summed E-state index contributed by atoms with van der Waals surface area (Å²) in [4.78, 5) is 11.8. The third kappa shape index (κ3) is 6.56. The van der Waals surface area contributed by atoms with Gasteiger partial charge in [-0.05, 0) is 37.3 Å². The van der Waals surface area contributed by atoms with Gasteiger partial charge in [0.2, 0.25) is 0 Å². The summed E-state index contributed by atoms with van der Waals surface area (Å²) in [5.74, 6) is 4.89. The van der Waals surface area contributed by atoms with E-state index < -0.39 is 22.0 Å². The molecule has 1 N–H and O–H groups in total. The van der Waals surface area contributed by atoms with E-state index in [1.807, 2.05) is 6.92 Å². The van der Waals surface area contributed by atoms with E-state index in [1.54, 1.807) is 37.3 Å². The van der Waals surface area contributed by atoms with E-state index in [1.165, 1.54) is 26.4 Å². The van der Waals surface area contributed by atoms with Crippen molar-refractivity contribution in [2.75, 3.05) is 27.4 Å². The maximum Gasteiger partial charge on any atom is 0.341 e. The van der Waals surface area contributed by atoms with Crippen LogP contribution >= 0.6 is 0 Å². The monoisotopic (exact) mass is 446 g/mol. The van der Waals surface area contributed by atoms with E-state index >= 15 is 0 Å². The first-order chi connectivity index (χ1) is 14.7. The molecule has 2 unspecified atom stereocenters. The van der Waals surface area contributed by atoms with Crippen molar-refractivity contribution in [3.63, 3.8) is 0 Å². The number of benzene rings is 2. The van der Waals surface area contributed by atoms with Crippen molar-refractivity contribution in [3.8, 4) is 17.6 Å². The van der Waals surface area contributed by atoms with Crippen LogP contribution in [0.25, 0.3) is 0 Å². The van der Waals surface area contributed by atoms with Gasteiger partial charge >= 0.3 is 5.97 Å². The van der Waals surface area contributed by atoms with E-state index in [-0.39, 0.29) is 29.6 Å². The zero-order chi connectivity index (χ0) is 23.0. The SMILES string of the molecule is COC(=O)c1ccc(C#CC(C)C(CO)COS(=O)(=O)c2ccc(C)cc2)cc1OC. The Morgan fingerprint density at radius 3 is 2.39 bits per heavy atom. The molecule has 0 saturated carbocycles. The van der Waals surface area contributed by atoms with Gasteiger partial charge in [-0.15, -0.1) is 0 Å². The van der Waals surface area contributed by atoms with Gasteiger partial charge in [0.05, 0.1) is 25.7 Å². The molecule has 7 nitrogen and oxygen atoms in total. The van der Waals surface area contributed by atoms with Crippen molar-refractivity contribution in [1.29, 1.82) is 0 Å². The largest absolute Gasteiger partial charge is 0.496 e. The van der Waals surface area contributed by atoms with E-state index in [0.29, 0.717) is 11.3 Å². The highest BCUT2D eigenvalue weighted by Crippen LogP contribution is 2.21. The fourth-order valence-electron chi connectivity index (χ4n) is 2.67. The normalized spacial score (nSPS) is 12.9. The van der Waals surface area contributed by atoms with Crippen LogP contribution in [0.4, 0.5) is 0 Å². The highest BCUT2D eigenvalue weighted by atomic mass is 32.2. The molecule has 0 aliphatic heterocycles. The molecule has 0 spiro atoms. The van der Waals surface area contributed by atoms with Gasteiger partial charge < -0.3 is 14.6 Å². The van der Waals surface area contributed by atoms with Crippen molar-refractivity contribution in [2.45, 2.75) is 18.7 Å². The van der Waals surface area contributed by atoms with Gasteiger partial charge in [-0.2, -0.15) is 8.42 Å². The molecule has 8 heteroatoms. The van der Waals surface area contributed by atoms with Crippen LogP contribution < -0.4 is 4.74 Å². The third-order valence-corrected chi connectivity index (χ3v) is 6.04. The van der Waals surface area contributed by atoms with Gasteiger partial charge in [0.15, 0.2) is 0 Å². The molecule has 0 bridgehead atoms. The molecule has 0 heterocycles. The zero-order valence-corrected chi connectivity index (χ0v) is 18.7. The predicted octanol–water partition coefficient (Wildman–Crippen LogP) is 2.79. The molecular formula is C23H26O7S. The van der Waals surface area contributed by atoms with Gasteiger partial charge in [0, 0.05) is 24.0 Å². The molecule has 0 fully saturated rings. The average molecular weight is 447 g/mol. The van der Waals surface area contributed by atoms with Crippen molar-refractivity contribution in [1.82, 2.24) is 0 Å². The Morgan fingerprint density at radius 2 is 1.81 bits per heavy atom. The molecule has 0 aromatic heterocycles. The van der Waals surface area contributed by atoms with Gasteiger partial charge in [-0.1, -0.05) is 36.5 Å². The zero-order valence-electron chi connectivity index (χ0n) is 17.9. The molecule has 0 amide bonds. The van der Waals surface area contributed by atoms with Gasteiger partial charge in [-0.25, -0.2) is 4.79 Å². The van der Waals surface area contributed by atoms with Crippen LogP contribution in [0.5, 0.6) is 5.75 Å². The molecule has 166 valence electrons. The molecule has 31 heavy (non-hydrogen) atoms. The first kappa shape index (κ1) is 24.4. The second-order valence-electron chi connectivity index (χ2n) is 6.96. The number of aliphatic hydroxyl groups excluding tert-OH is 1. The third-order valence-electron chi connectivity index (χ3n) is 4.74. The fraction of sp³-hybridized carbons (Fsp3) is 0.348. The minimum Gasteiger partial charge on any atom is -0.496 e. The summed E-state index contributed by atoms with van der Waals surface area (Å²) >= 11 is 0. The van der Waals surface area contributed by atoms with Crippen LogP contribution in [-0.2, 0) is 19.0 Å². The number of rotatable bonds is 8. The number of aryl methyl sites for hydroxylation is 1. The standard InChI is InChI=1S/C23H26O7S/c1-16-5-10-20(11-6-16)31(26,27)30-15-19(14-24)17(2)7-8-18-9-12-21(23(25)29-4)22(13-18)28-3/h5-6,9-13,17,19,24H,14-15H2,1-4H3. The lowest BCUT2D eigenvalue weighted by atomic mass is 9.96. The van der Waals surface area contributed by atoms with Gasteiger partial charge in [-0.3, -0.25) is 4.18 Å². The van der Waals surface area contributed by atoms with Gasteiger partial charge in [0.25, 0.3) is 10.1 Å². The molecule has 0 radical (unpaired) electrons. The Kier molecular flexibility index (Phi) is 8.63. The average Bonchev–Trinajstić information content (AvgIpc) is 2.77. The quantitative estimate of drug-likeness (QED) is 0.378. The summed E-state index contributed by atoms with van der Waals surface area (Å²) in [7, 11) is -1.20. The minimum atomic E-state index is -3.93. The highest BCUT2D eigenvalue weighted by Gasteiger charge is 2.21. The van der Waals surface area contributed by atoms with E-state index in [2.05, 4.69) is 11.8 Å². The number of carbonyl (C=O) groups excluding carboxylic acids is 1. The van der Waals surface area contributed by atoms with Crippen LogP contribution in [0.3, 0.4) is 0 Å². The van der Waals surface area contributed by atoms with Crippen molar-refractivity contribution in [2.24, 2.45) is 11.8 Å². The molecule has 2 rings (SSSR count). The second-order valence-corrected chi connectivity index (χ2v) is 8.57. The maximum atomic E-state index is 12.4. The molecule has 2 aromatic carbocycles. The molecule has 0 aliphatic rings. The number of hydrogen-bond donors (Lipinski definition) is 1. The smallest absolute Gasteiger partial charge is 0.341 e. The summed E-state index contributed by atoms with van der Waals surface area (Å²) in [5.41, 5.74) is 1.82. The lowest BCUT2D eigenvalue weighted by Gasteiger charge is -2.17. The first-order valence-corrected chi connectivity index (χ1v) is 11.0. The van der Waals surface area contributed by atoms with Crippen molar-refractivity contribution >= 4 is 16.1 Å². The van der Waals surface area contributed by atoms with Crippen LogP contribution in [-0.4, -0.2) is 46.9 Å². The number of aliphatic hydroxyl groups is 1. The Hall–Kier alpha value is -2.86. The van der Waals surface area contributed by atoms with Crippen molar-refractivity contribution in [3.05, 3.63) is 59.2 Å². The molecule has 2 atom stereocenters. The number of hydrogen-bond acceptors (Lipinski definition) is 7. The summed E-state index contributed by atoms with van der Waals surface area (Å²) in [6, 6.07) is 11.2. The Morgan fingerprint density at radius 1 is 1.13 bits per heavy atom. The minimum absolute atomic E-state index is 0.0614. The Labute approximate surface area is 183 Å². The number of ether oxygens (including phenoxy) is 2. The van der Waals surface area contributed by atoms with E-state index in [4.69, 9.17) is 13.7 Å². The number of esters is 1. The van der Waals surface area contributed by atoms with Crippen LogP contribution in [0.2, 0.25) is 0 Å². The summed E-state index contributed by atoms with van der Waals surface area (Å²) in [6.45, 7) is 3.14. The lowest BCUT2D eigenvalue weighted by Crippen LogP contribution is -2.23. The van der Waals surface area contributed by atoms with Crippen molar-refractivity contribution < 1.29 is 32.0 Å². The summed E-state index contributed by atoms with van der Waals surface area (Å²) in [5, 5.41) is 9.69. The Bertz CT molecular complexity index is 1060. The predicted molar refractivity (Wildman–Crippen MR) is 115 cm³/mol. The maximum absolute atomic E-state index is 12.4. The molecule has 0 aliphatic carbocycles. The van der Waals surface area contributed by atoms with E-state index in [0.717, 1.165) is 5.56 Å². The van der Waals surface area contributed by atoms with Crippen LogP contribution in [0.1, 0.15) is 28.4 Å². The molecular weight excluding hydrogens is 420 g/mol. The fourth-order valence-corrected chi connectivity index (χ4v) is 3.63. The highest BCUT2D eigenvalue weighted by molar-refractivity contribution is 7.86. The van der Waals surface area contributed by atoms with Crippen LogP contribution in [0.15, 0.2) is 47.4 Å². The second kappa shape index (κ2) is 11.0. The topological polar surface area (TPSA) is 99.1 Å². The molecule has 2 aromatic rings. The van der Waals surface area contributed by atoms with Gasteiger partial charge in [0.1, 0.15) is 11.3 Å². The summed E-state index contributed by atoms with van der Waals surface area (Å²) < 4.78 is 39.8. The lowest BCUT2D eigenvalue weighted by molar-refractivity contribution is 0.0597.